The third kappa shape index (κ3) is 8.93. The van der Waals surface area contributed by atoms with Crippen LogP contribution in [0.3, 0.4) is 0 Å². The zero-order chi connectivity index (χ0) is 31.4. The fraction of sp³-hybridized carbons (Fsp3) is 0.323. The van der Waals surface area contributed by atoms with Crippen molar-refractivity contribution in [3.05, 3.63) is 87.5 Å². The molecule has 3 rings (SSSR count). The Labute approximate surface area is 248 Å². The molecule has 0 bridgehead atoms. The molecule has 12 heteroatoms. The normalized spacial score (nSPS) is 11.2. The average molecular weight is 596 g/mol. The second kappa shape index (κ2) is 15.8. The van der Waals surface area contributed by atoms with Crippen molar-refractivity contribution >= 4 is 23.4 Å². The molecule has 228 valence electrons. The number of rotatable bonds is 16. The average Bonchev–Trinajstić information content (AvgIpc) is 3.03. The van der Waals surface area contributed by atoms with Gasteiger partial charge in [-0.05, 0) is 31.0 Å². The molecule has 3 aromatic rings. The van der Waals surface area contributed by atoms with Gasteiger partial charge in [-0.25, -0.2) is 0 Å². The van der Waals surface area contributed by atoms with Crippen molar-refractivity contribution in [2.45, 2.75) is 38.4 Å². The Morgan fingerprint density at radius 3 is 1.91 bits per heavy atom. The topological polar surface area (TPSA) is 150 Å². The van der Waals surface area contributed by atoms with Gasteiger partial charge < -0.3 is 28.4 Å². The monoisotopic (exact) mass is 595 g/mol. The van der Waals surface area contributed by atoms with Gasteiger partial charge in [0.05, 0.1) is 45.0 Å². The number of benzene rings is 3. The van der Waals surface area contributed by atoms with Crippen LogP contribution in [-0.2, 0) is 25.7 Å². The van der Waals surface area contributed by atoms with E-state index in [0.717, 1.165) is 0 Å². The second-order valence-electron chi connectivity index (χ2n) is 9.21. The first-order valence-electron chi connectivity index (χ1n) is 13.3. The van der Waals surface area contributed by atoms with Gasteiger partial charge in [-0.2, -0.15) is 0 Å². The maximum atomic E-state index is 13.4. The van der Waals surface area contributed by atoms with Gasteiger partial charge in [0, 0.05) is 30.0 Å². The summed E-state index contributed by atoms with van der Waals surface area (Å²) < 4.78 is 31.7. The summed E-state index contributed by atoms with van der Waals surface area (Å²) >= 11 is 0. The minimum Gasteiger partial charge on any atom is -0.497 e. The van der Waals surface area contributed by atoms with Gasteiger partial charge in [-0.1, -0.05) is 30.3 Å². The van der Waals surface area contributed by atoms with Crippen LogP contribution in [0.4, 0.5) is 5.69 Å². The fourth-order valence-electron chi connectivity index (χ4n) is 4.16. The Kier molecular flexibility index (Phi) is 11.9. The molecule has 0 aliphatic heterocycles. The maximum absolute atomic E-state index is 13.4. The van der Waals surface area contributed by atoms with E-state index in [1.807, 2.05) is 0 Å². The van der Waals surface area contributed by atoms with E-state index in [1.54, 1.807) is 48.5 Å². The van der Waals surface area contributed by atoms with Gasteiger partial charge in [0.15, 0.2) is 17.6 Å². The van der Waals surface area contributed by atoms with E-state index in [9.17, 15) is 24.5 Å². The van der Waals surface area contributed by atoms with E-state index in [0.29, 0.717) is 22.6 Å². The van der Waals surface area contributed by atoms with E-state index >= 15 is 0 Å². The zero-order valence-electron chi connectivity index (χ0n) is 24.3. The maximum Gasteiger partial charge on any atom is 0.306 e. The Morgan fingerprint density at radius 1 is 0.767 bits per heavy atom. The largest absolute Gasteiger partial charge is 0.497 e. The highest BCUT2D eigenvalue weighted by Crippen LogP contribution is 2.35. The summed E-state index contributed by atoms with van der Waals surface area (Å²) in [5, 5.41) is 11.5. The third-order valence-electron chi connectivity index (χ3n) is 6.40. The number of methoxy groups -OCH3 is 4. The van der Waals surface area contributed by atoms with Crippen molar-refractivity contribution < 1.29 is 47.7 Å². The molecular weight excluding hydrogens is 562 g/mol. The Hall–Kier alpha value is -5.13. The van der Waals surface area contributed by atoms with E-state index in [4.69, 9.17) is 28.4 Å². The minimum atomic E-state index is -1.25. The molecule has 1 atom stereocenters. The summed E-state index contributed by atoms with van der Waals surface area (Å²) in [6.07, 6.45) is -0.784. The number of nitrogens with zero attached hydrogens (tertiary/aromatic N) is 1. The number of carbonyl (C=O) groups is 3. The fourth-order valence-corrected chi connectivity index (χ4v) is 4.16. The van der Waals surface area contributed by atoms with Crippen LogP contribution in [0.1, 0.15) is 53.3 Å². The molecule has 0 amide bonds. The molecule has 12 nitrogen and oxygen atoms in total. The lowest BCUT2D eigenvalue weighted by atomic mass is 9.99. The Morgan fingerprint density at radius 2 is 1.35 bits per heavy atom. The number of unbranched alkanes of at least 4 members (excludes halogenated alkanes) is 1. The van der Waals surface area contributed by atoms with Crippen molar-refractivity contribution in [1.29, 1.82) is 0 Å². The van der Waals surface area contributed by atoms with E-state index in [1.165, 1.54) is 40.6 Å². The molecule has 1 unspecified atom stereocenters. The number of carbonyl (C=O) groups excluding carboxylic acids is 3. The van der Waals surface area contributed by atoms with Crippen LogP contribution in [-0.4, -0.2) is 51.1 Å². The molecule has 0 aromatic heterocycles. The summed E-state index contributed by atoms with van der Waals surface area (Å²) in [6, 6.07) is 15.9. The van der Waals surface area contributed by atoms with Crippen LogP contribution < -0.4 is 18.9 Å². The molecule has 0 N–H and O–H groups in total. The second-order valence-corrected chi connectivity index (χ2v) is 9.21. The first-order valence-corrected chi connectivity index (χ1v) is 13.3. The molecule has 43 heavy (non-hydrogen) atoms. The molecule has 0 spiro atoms. The number of hydrogen-bond acceptors (Lipinski definition) is 11. The van der Waals surface area contributed by atoms with Crippen LogP contribution in [0.15, 0.2) is 60.7 Å². The first-order chi connectivity index (χ1) is 20.7. The molecule has 0 heterocycles. The van der Waals surface area contributed by atoms with Crippen molar-refractivity contribution in [1.82, 2.24) is 0 Å². The summed E-state index contributed by atoms with van der Waals surface area (Å²) in [6.45, 7) is -0.342. The van der Waals surface area contributed by atoms with Crippen LogP contribution in [0, 0.1) is 10.1 Å². The number of nitro benzene ring substituents is 1. The van der Waals surface area contributed by atoms with Crippen LogP contribution in [0.25, 0.3) is 0 Å². The number of hydrogen-bond donors (Lipinski definition) is 0. The summed E-state index contributed by atoms with van der Waals surface area (Å²) in [4.78, 5) is 49.3. The molecule has 0 aliphatic carbocycles. The number of ether oxygens (including phenoxy) is 6. The number of ketones is 1. The van der Waals surface area contributed by atoms with Gasteiger partial charge in [0.25, 0.3) is 5.69 Å². The summed E-state index contributed by atoms with van der Waals surface area (Å²) in [5.74, 6) is -0.370. The first kappa shape index (κ1) is 32.4. The van der Waals surface area contributed by atoms with Gasteiger partial charge >= 0.3 is 11.9 Å². The molecule has 0 saturated heterocycles. The third-order valence-corrected chi connectivity index (χ3v) is 6.40. The van der Waals surface area contributed by atoms with Crippen molar-refractivity contribution in [3.8, 4) is 23.0 Å². The van der Waals surface area contributed by atoms with Gasteiger partial charge in [0.2, 0.25) is 5.78 Å². The minimum absolute atomic E-state index is 0.0339. The molecule has 0 radical (unpaired) electrons. The lowest BCUT2D eigenvalue weighted by molar-refractivity contribution is -0.385. The number of esters is 2. The van der Waals surface area contributed by atoms with Crippen LogP contribution in [0.2, 0.25) is 0 Å². The summed E-state index contributed by atoms with van der Waals surface area (Å²) in [7, 11) is 5.68. The predicted molar refractivity (Wildman–Crippen MR) is 154 cm³/mol. The zero-order valence-corrected chi connectivity index (χ0v) is 24.3. The molecule has 0 fully saturated rings. The van der Waals surface area contributed by atoms with Crippen molar-refractivity contribution in [2.24, 2.45) is 0 Å². The number of Topliss-reactive ketones (excluding diaryl/α,β-unsaturated/α-hetero) is 1. The molecule has 0 saturated carbocycles. The SMILES string of the molecule is COc1cc(OC)cc(C(OC(=O)CCCCC(=O)OCc2cc(OC)c(OC)cc2[N+](=O)[O-])C(=O)c2ccccc2)c1. The Bertz CT molecular complexity index is 1420. The van der Waals surface area contributed by atoms with Gasteiger partial charge in [0.1, 0.15) is 18.1 Å². The number of nitro groups is 1. The molecule has 0 aliphatic rings. The highest BCUT2D eigenvalue weighted by Gasteiger charge is 2.27. The molecule has 3 aromatic carbocycles. The summed E-state index contributed by atoms with van der Waals surface area (Å²) in [5.41, 5.74) is 0.607. The molecular formula is C31H33NO11. The quantitative estimate of drug-likeness (QED) is 0.0688. The lowest BCUT2D eigenvalue weighted by Gasteiger charge is -2.19. The smallest absolute Gasteiger partial charge is 0.306 e. The van der Waals surface area contributed by atoms with Crippen LogP contribution in [0.5, 0.6) is 23.0 Å². The van der Waals surface area contributed by atoms with Gasteiger partial charge in [-0.15, -0.1) is 0 Å². The van der Waals surface area contributed by atoms with E-state index in [2.05, 4.69) is 0 Å². The highest BCUT2D eigenvalue weighted by atomic mass is 16.6. The van der Waals surface area contributed by atoms with Crippen LogP contribution >= 0.6 is 0 Å². The van der Waals surface area contributed by atoms with Crippen molar-refractivity contribution in [2.75, 3.05) is 28.4 Å². The van der Waals surface area contributed by atoms with E-state index < -0.39 is 28.7 Å². The lowest BCUT2D eigenvalue weighted by Crippen LogP contribution is -2.20. The standard InChI is InChI=1S/C31H33NO11/c1-38-23-14-21(15-24(17-23)39-2)31(30(35)20-10-6-5-7-11-20)43-29(34)13-9-8-12-28(33)42-19-22-16-26(40-3)27(41-4)18-25(22)32(36)37/h5-7,10-11,14-18,31H,8-9,12-13,19H2,1-4H3. The Balaban J connectivity index is 1.59. The van der Waals surface area contributed by atoms with Crippen molar-refractivity contribution in [3.63, 3.8) is 0 Å². The predicted octanol–water partition coefficient (Wildman–Crippen LogP) is 5.40. The highest BCUT2D eigenvalue weighted by molar-refractivity contribution is 6.01. The van der Waals surface area contributed by atoms with E-state index in [-0.39, 0.29) is 55.0 Å². The van der Waals surface area contributed by atoms with Gasteiger partial charge in [-0.3, -0.25) is 24.5 Å².